The van der Waals surface area contributed by atoms with Crippen LogP contribution < -0.4 is 20.3 Å². The van der Waals surface area contributed by atoms with Gasteiger partial charge in [-0.1, -0.05) is 30.3 Å². The molecule has 0 spiro atoms. The molecule has 31 heavy (non-hydrogen) atoms. The molecule has 0 aromatic heterocycles. The summed E-state index contributed by atoms with van der Waals surface area (Å²) in [5, 5.41) is 6.83. The predicted molar refractivity (Wildman–Crippen MR) is 128 cm³/mol. The number of nitrogens with zero attached hydrogens (tertiary/aromatic N) is 2. The second-order valence-electron chi connectivity index (χ2n) is 8.03. The summed E-state index contributed by atoms with van der Waals surface area (Å²) in [6.45, 7) is 6.13. The highest BCUT2D eigenvalue weighted by Gasteiger charge is 2.18. The molecular weight excluding hydrogens is 388 g/mol. The average molecular weight is 425 g/mol. The first-order chi connectivity index (χ1) is 15.2. The van der Waals surface area contributed by atoms with E-state index < -0.39 is 0 Å². The number of rotatable bonds is 10. The lowest BCUT2D eigenvalue weighted by molar-refractivity contribution is 0.140. The Labute approximate surface area is 186 Å². The first kappa shape index (κ1) is 22.9. The molecule has 3 rings (SSSR count). The average Bonchev–Trinajstić information content (AvgIpc) is 3.30. The molecule has 0 bridgehead atoms. The molecule has 2 aromatic carbocycles. The second kappa shape index (κ2) is 12.2. The summed E-state index contributed by atoms with van der Waals surface area (Å²) in [6.07, 6.45) is 3.29. The van der Waals surface area contributed by atoms with Gasteiger partial charge in [0.25, 0.3) is 0 Å². The van der Waals surface area contributed by atoms with Crippen LogP contribution >= 0.6 is 0 Å². The molecule has 1 saturated heterocycles. The van der Waals surface area contributed by atoms with Crippen molar-refractivity contribution in [2.24, 2.45) is 4.99 Å². The summed E-state index contributed by atoms with van der Waals surface area (Å²) in [6, 6.07) is 16.8. The lowest BCUT2D eigenvalue weighted by Gasteiger charge is -2.19. The third-order valence-electron chi connectivity index (χ3n) is 5.48. The number of aliphatic imine (C=N–C) groups is 1. The molecule has 1 unspecified atom stereocenters. The summed E-state index contributed by atoms with van der Waals surface area (Å²) in [5.74, 6) is 1.74. The number of guanidine groups is 1. The first-order valence-corrected chi connectivity index (χ1v) is 11.2. The molecule has 0 radical (unpaired) electrons. The van der Waals surface area contributed by atoms with Crippen molar-refractivity contribution in [1.82, 2.24) is 10.6 Å². The standard InChI is InChI=1S/C25H36N4O2/c1-20-11-12-21(24(17-20)31-23-13-16-30-19-23)18-28-25(26-2)27-14-7-8-15-29(3)22-9-5-4-6-10-22/h4-6,9-12,17,23H,7-8,13-16,18-19H2,1-3H3,(H2,26,27,28). The van der Waals surface area contributed by atoms with E-state index in [0.29, 0.717) is 13.2 Å². The minimum Gasteiger partial charge on any atom is -0.488 e. The monoisotopic (exact) mass is 424 g/mol. The molecule has 1 fully saturated rings. The van der Waals surface area contributed by atoms with Gasteiger partial charge in [-0.25, -0.2) is 0 Å². The Morgan fingerprint density at radius 1 is 1.16 bits per heavy atom. The molecule has 0 amide bonds. The van der Waals surface area contributed by atoms with Crippen molar-refractivity contribution >= 4 is 11.6 Å². The van der Waals surface area contributed by atoms with Crippen molar-refractivity contribution in [2.75, 3.05) is 45.3 Å². The van der Waals surface area contributed by atoms with Gasteiger partial charge in [-0.15, -0.1) is 0 Å². The van der Waals surface area contributed by atoms with Crippen molar-refractivity contribution in [3.63, 3.8) is 0 Å². The fourth-order valence-electron chi connectivity index (χ4n) is 3.59. The van der Waals surface area contributed by atoms with E-state index in [1.807, 2.05) is 0 Å². The Hall–Kier alpha value is -2.73. The van der Waals surface area contributed by atoms with Gasteiger partial charge in [0, 0.05) is 51.4 Å². The van der Waals surface area contributed by atoms with Gasteiger partial charge in [0.1, 0.15) is 11.9 Å². The maximum Gasteiger partial charge on any atom is 0.191 e. The zero-order valence-electron chi connectivity index (χ0n) is 19.1. The summed E-state index contributed by atoms with van der Waals surface area (Å²) in [5.41, 5.74) is 3.58. The van der Waals surface area contributed by atoms with E-state index in [-0.39, 0.29) is 6.10 Å². The van der Waals surface area contributed by atoms with Crippen LogP contribution in [-0.2, 0) is 11.3 Å². The zero-order valence-corrected chi connectivity index (χ0v) is 19.1. The molecule has 168 valence electrons. The highest BCUT2D eigenvalue weighted by atomic mass is 16.5. The topological polar surface area (TPSA) is 58.1 Å². The summed E-state index contributed by atoms with van der Waals surface area (Å²) < 4.78 is 11.6. The number of para-hydroxylation sites is 1. The number of hydrogen-bond acceptors (Lipinski definition) is 4. The van der Waals surface area contributed by atoms with Gasteiger partial charge in [0.15, 0.2) is 5.96 Å². The third-order valence-corrected chi connectivity index (χ3v) is 5.48. The van der Waals surface area contributed by atoms with E-state index >= 15 is 0 Å². The molecular formula is C25H36N4O2. The van der Waals surface area contributed by atoms with Crippen LogP contribution in [0.2, 0.25) is 0 Å². The third kappa shape index (κ3) is 7.47. The molecule has 6 nitrogen and oxygen atoms in total. The number of benzene rings is 2. The maximum atomic E-state index is 6.20. The van der Waals surface area contributed by atoms with E-state index in [2.05, 4.69) is 83.0 Å². The van der Waals surface area contributed by atoms with Gasteiger partial charge in [0.2, 0.25) is 0 Å². The van der Waals surface area contributed by atoms with E-state index in [9.17, 15) is 0 Å². The van der Waals surface area contributed by atoms with Crippen molar-refractivity contribution in [3.05, 3.63) is 59.7 Å². The van der Waals surface area contributed by atoms with Crippen molar-refractivity contribution < 1.29 is 9.47 Å². The Morgan fingerprint density at radius 2 is 2.00 bits per heavy atom. The first-order valence-electron chi connectivity index (χ1n) is 11.2. The minimum atomic E-state index is 0.145. The second-order valence-corrected chi connectivity index (χ2v) is 8.03. The van der Waals surface area contributed by atoms with Crippen LogP contribution in [0, 0.1) is 6.92 Å². The molecule has 1 aliphatic heterocycles. The molecule has 1 heterocycles. The summed E-state index contributed by atoms with van der Waals surface area (Å²) in [4.78, 5) is 6.65. The van der Waals surface area contributed by atoms with Gasteiger partial charge >= 0.3 is 0 Å². The van der Waals surface area contributed by atoms with Crippen molar-refractivity contribution in [2.45, 2.75) is 38.8 Å². The Morgan fingerprint density at radius 3 is 2.74 bits per heavy atom. The largest absolute Gasteiger partial charge is 0.488 e. The Kier molecular flexibility index (Phi) is 9.03. The van der Waals surface area contributed by atoms with Gasteiger partial charge in [0.05, 0.1) is 13.2 Å². The number of unbranched alkanes of at least 4 members (excludes halogenated alkanes) is 1. The van der Waals surface area contributed by atoms with Crippen LogP contribution in [0.3, 0.4) is 0 Å². The van der Waals surface area contributed by atoms with Crippen molar-refractivity contribution in [3.8, 4) is 5.75 Å². The van der Waals surface area contributed by atoms with Crippen LogP contribution in [0.1, 0.15) is 30.4 Å². The predicted octanol–water partition coefficient (Wildman–Crippen LogP) is 3.74. The summed E-state index contributed by atoms with van der Waals surface area (Å²) in [7, 11) is 3.95. The molecule has 2 aromatic rings. The number of hydrogen-bond donors (Lipinski definition) is 2. The molecule has 0 saturated carbocycles. The Balaban J connectivity index is 1.40. The van der Waals surface area contributed by atoms with Crippen LogP contribution in [0.15, 0.2) is 53.5 Å². The number of ether oxygens (including phenoxy) is 2. The van der Waals surface area contributed by atoms with E-state index in [0.717, 1.165) is 56.2 Å². The van der Waals surface area contributed by atoms with E-state index in [1.165, 1.54) is 11.3 Å². The molecule has 0 aliphatic carbocycles. The molecule has 2 N–H and O–H groups in total. The van der Waals surface area contributed by atoms with E-state index in [4.69, 9.17) is 9.47 Å². The van der Waals surface area contributed by atoms with Gasteiger partial charge in [-0.2, -0.15) is 0 Å². The zero-order chi connectivity index (χ0) is 21.9. The smallest absolute Gasteiger partial charge is 0.191 e. The van der Waals surface area contributed by atoms with Crippen LogP contribution in [0.25, 0.3) is 0 Å². The highest BCUT2D eigenvalue weighted by molar-refractivity contribution is 5.79. The highest BCUT2D eigenvalue weighted by Crippen LogP contribution is 2.23. The molecule has 1 aliphatic rings. The number of anilines is 1. The number of aryl methyl sites for hydroxylation is 1. The van der Waals surface area contributed by atoms with Crippen LogP contribution in [0.5, 0.6) is 5.75 Å². The Bertz CT molecular complexity index is 820. The molecule has 1 atom stereocenters. The lowest BCUT2D eigenvalue weighted by Crippen LogP contribution is -2.37. The van der Waals surface area contributed by atoms with Gasteiger partial charge in [-0.05, 0) is 43.5 Å². The lowest BCUT2D eigenvalue weighted by atomic mass is 10.1. The fourth-order valence-corrected chi connectivity index (χ4v) is 3.59. The van der Waals surface area contributed by atoms with Gasteiger partial charge < -0.3 is 25.0 Å². The quantitative estimate of drug-likeness (QED) is 0.346. The normalized spacial score (nSPS) is 16.2. The fraction of sp³-hybridized carbons (Fsp3) is 0.480. The van der Waals surface area contributed by atoms with Crippen molar-refractivity contribution in [1.29, 1.82) is 0 Å². The number of nitrogens with one attached hydrogen (secondary N) is 2. The summed E-state index contributed by atoms with van der Waals surface area (Å²) >= 11 is 0. The van der Waals surface area contributed by atoms with Crippen LogP contribution in [-0.4, -0.2) is 52.5 Å². The molecule has 6 heteroatoms. The van der Waals surface area contributed by atoms with Gasteiger partial charge in [-0.3, -0.25) is 4.99 Å². The van der Waals surface area contributed by atoms with E-state index in [1.54, 1.807) is 7.05 Å². The SMILES string of the molecule is CN=C(NCCCCN(C)c1ccccc1)NCc1ccc(C)cc1OC1CCOC1. The van der Waals surface area contributed by atoms with Crippen LogP contribution in [0.4, 0.5) is 5.69 Å². The maximum absolute atomic E-state index is 6.20. The minimum absolute atomic E-state index is 0.145.